The van der Waals surface area contributed by atoms with Gasteiger partial charge in [-0.3, -0.25) is 9.79 Å². The Morgan fingerprint density at radius 1 is 1.30 bits per heavy atom. The molecule has 0 saturated heterocycles. The van der Waals surface area contributed by atoms with E-state index in [1.165, 1.54) is 19.3 Å². The van der Waals surface area contributed by atoms with Gasteiger partial charge in [0.15, 0.2) is 5.96 Å². The molecule has 0 radical (unpaired) electrons. The van der Waals surface area contributed by atoms with Crippen molar-refractivity contribution in [2.24, 2.45) is 16.1 Å². The fourth-order valence-corrected chi connectivity index (χ4v) is 2.26. The molecule has 0 heterocycles. The monoisotopic (exact) mass is 396 g/mol. The Morgan fingerprint density at radius 2 is 1.90 bits per heavy atom. The number of nitrogens with one attached hydrogen (secondary N) is 2. The zero-order chi connectivity index (χ0) is 14.3. The normalized spacial score (nSPS) is 17.2. The van der Waals surface area contributed by atoms with Crippen LogP contribution in [0.1, 0.15) is 52.9 Å². The van der Waals surface area contributed by atoms with Gasteiger partial charge in [0.1, 0.15) is 0 Å². The van der Waals surface area contributed by atoms with Gasteiger partial charge in [0.25, 0.3) is 0 Å². The summed E-state index contributed by atoms with van der Waals surface area (Å²) >= 11 is 0. The van der Waals surface area contributed by atoms with Crippen LogP contribution in [0.25, 0.3) is 0 Å². The first-order valence-corrected chi connectivity index (χ1v) is 7.30. The number of carbonyl (C=O) groups excluding carboxylic acids is 1. The Labute approximate surface area is 139 Å². The topological polar surface area (TPSA) is 79.5 Å². The molecule has 0 aromatic rings. The minimum atomic E-state index is -0.519. The summed E-state index contributed by atoms with van der Waals surface area (Å²) in [6.07, 6.45) is 6.16. The van der Waals surface area contributed by atoms with E-state index in [0.29, 0.717) is 25.1 Å². The molecule has 0 atom stereocenters. The number of guanidine groups is 1. The van der Waals surface area contributed by atoms with Gasteiger partial charge in [-0.2, -0.15) is 0 Å². The third kappa shape index (κ3) is 6.76. The van der Waals surface area contributed by atoms with E-state index in [4.69, 9.17) is 5.73 Å². The van der Waals surface area contributed by atoms with Crippen molar-refractivity contribution in [2.45, 2.75) is 58.9 Å². The van der Waals surface area contributed by atoms with Crippen LogP contribution in [0.3, 0.4) is 0 Å². The van der Waals surface area contributed by atoms with Gasteiger partial charge in [-0.15, -0.1) is 24.0 Å². The molecule has 0 aromatic carbocycles. The van der Waals surface area contributed by atoms with E-state index in [0.717, 1.165) is 12.8 Å². The zero-order valence-corrected chi connectivity index (χ0v) is 15.2. The molecule has 0 aromatic heterocycles. The van der Waals surface area contributed by atoms with Gasteiger partial charge in [-0.1, -0.05) is 19.3 Å². The fourth-order valence-electron chi connectivity index (χ4n) is 2.26. The van der Waals surface area contributed by atoms with Crippen LogP contribution in [0.4, 0.5) is 0 Å². The van der Waals surface area contributed by atoms with Crippen molar-refractivity contribution in [1.82, 2.24) is 10.6 Å². The van der Waals surface area contributed by atoms with Crippen LogP contribution in [-0.4, -0.2) is 31.0 Å². The number of carbonyl (C=O) groups is 1. The lowest BCUT2D eigenvalue weighted by Gasteiger charge is -2.24. The highest BCUT2D eigenvalue weighted by Crippen LogP contribution is 2.18. The number of amides is 1. The lowest BCUT2D eigenvalue weighted by atomic mass is 9.92. The Morgan fingerprint density at radius 3 is 2.45 bits per heavy atom. The summed E-state index contributed by atoms with van der Waals surface area (Å²) in [4.78, 5) is 16.1. The highest BCUT2D eigenvalue weighted by molar-refractivity contribution is 14.0. The van der Waals surface area contributed by atoms with Crippen molar-refractivity contribution in [3.63, 3.8) is 0 Å². The predicted octanol–water partition coefficient (Wildman–Crippen LogP) is 2.00. The number of halogens is 1. The van der Waals surface area contributed by atoms with Crippen molar-refractivity contribution in [3.05, 3.63) is 0 Å². The van der Waals surface area contributed by atoms with Crippen molar-refractivity contribution in [3.8, 4) is 0 Å². The van der Waals surface area contributed by atoms with E-state index in [1.54, 1.807) is 0 Å². The molecule has 1 saturated carbocycles. The molecule has 0 spiro atoms. The van der Waals surface area contributed by atoms with Gasteiger partial charge in [0.2, 0.25) is 5.91 Å². The molecule has 1 fully saturated rings. The molecule has 118 valence electrons. The minimum Gasteiger partial charge on any atom is -0.370 e. The Balaban J connectivity index is 0.00000361. The second-order valence-electron chi connectivity index (χ2n) is 5.92. The third-order valence-corrected chi connectivity index (χ3v) is 3.55. The molecular weight excluding hydrogens is 367 g/mol. The van der Waals surface area contributed by atoms with Gasteiger partial charge in [-0.25, -0.2) is 0 Å². The summed E-state index contributed by atoms with van der Waals surface area (Å²) in [5.74, 6) is 0.480. The molecule has 4 N–H and O–H groups in total. The molecular formula is C14H29IN4O. The largest absolute Gasteiger partial charge is 0.370 e. The quantitative estimate of drug-likeness (QED) is 0.378. The molecule has 0 aliphatic heterocycles. The second kappa shape index (κ2) is 9.41. The van der Waals surface area contributed by atoms with E-state index in [-0.39, 0.29) is 29.9 Å². The molecule has 1 rings (SSSR count). The summed E-state index contributed by atoms with van der Waals surface area (Å²) in [5.41, 5.74) is 5.37. The van der Waals surface area contributed by atoms with Gasteiger partial charge >= 0.3 is 0 Å². The van der Waals surface area contributed by atoms with Crippen LogP contribution >= 0.6 is 24.0 Å². The average Bonchev–Trinajstić information content (AvgIpc) is 2.38. The van der Waals surface area contributed by atoms with E-state index in [9.17, 15) is 4.79 Å². The van der Waals surface area contributed by atoms with Crippen LogP contribution < -0.4 is 16.4 Å². The molecule has 0 unspecified atom stereocenters. The van der Waals surface area contributed by atoms with Crippen LogP contribution in [0.2, 0.25) is 0 Å². The van der Waals surface area contributed by atoms with Crippen LogP contribution in [0, 0.1) is 5.41 Å². The zero-order valence-electron chi connectivity index (χ0n) is 12.9. The molecule has 20 heavy (non-hydrogen) atoms. The van der Waals surface area contributed by atoms with Crippen molar-refractivity contribution in [1.29, 1.82) is 0 Å². The van der Waals surface area contributed by atoms with E-state index in [2.05, 4.69) is 15.6 Å². The van der Waals surface area contributed by atoms with Crippen LogP contribution in [-0.2, 0) is 4.79 Å². The Hall–Kier alpha value is -0.530. The number of nitrogens with zero attached hydrogens (tertiary/aromatic N) is 1. The maximum Gasteiger partial charge on any atom is 0.227 e. The Bertz CT molecular complexity index is 325. The Kier molecular flexibility index (Phi) is 9.16. The van der Waals surface area contributed by atoms with Gasteiger partial charge in [-0.05, 0) is 33.6 Å². The minimum absolute atomic E-state index is 0. The molecule has 1 aliphatic rings. The third-order valence-electron chi connectivity index (χ3n) is 3.55. The lowest BCUT2D eigenvalue weighted by Crippen LogP contribution is -2.43. The summed E-state index contributed by atoms with van der Waals surface area (Å²) < 4.78 is 0. The van der Waals surface area contributed by atoms with Crippen molar-refractivity contribution >= 4 is 35.8 Å². The average molecular weight is 396 g/mol. The standard InChI is InChI=1S/C14H28N4O.HI/c1-4-16-12(19)14(2,3)10-17-13(15)18-11-8-6-5-7-9-11;/h11H,4-10H2,1-3H3,(H,16,19)(H3,15,17,18);1H. The molecule has 6 heteroatoms. The smallest absolute Gasteiger partial charge is 0.227 e. The number of hydrogen-bond acceptors (Lipinski definition) is 2. The highest BCUT2D eigenvalue weighted by atomic mass is 127. The van der Waals surface area contributed by atoms with E-state index in [1.807, 2.05) is 20.8 Å². The number of nitrogens with two attached hydrogens (primary N) is 1. The van der Waals surface area contributed by atoms with Gasteiger partial charge < -0.3 is 16.4 Å². The summed E-state index contributed by atoms with van der Waals surface area (Å²) in [6, 6.07) is 0.449. The van der Waals surface area contributed by atoms with Crippen molar-refractivity contribution in [2.75, 3.05) is 13.1 Å². The van der Waals surface area contributed by atoms with E-state index >= 15 is 0 Å². The SMILES string of the molecule is CCNC(=O)C(C)(C)CN=C(N)NC1CCCCC1.I. The van der Waals surface area contributed by atoms with Gasteiger partial charge in [0.05, 0.1) is 12.0 Å². The highest BCUT2D eigenvalue weighted by Gasteiger charge is 2.26. The van der Waals surface area contributed by atoms with Gasteiger partial charge in [0, 0.05) is 12.6 Å². The van der Waals surface area contributed by atoms with Crippen LogP contribution in [0.15, 0.2) is 4.99 Å². The first kappa shape index (κ1) is 19.5. The molecule has 1 amide bonds. The summed E-state index contributed by atoms with van der Waals surface area (Å²) in [5, 5.41) is 6.08. The summed E-state index contributed by atoms with van der Waals surface area (Å²) in [6.45, 7) is 6.73. The first-order valence-electron chi connectivity index (χ1n) is 7.30. The maximum absolute atomic E-state index is 11.8. The predicted molar refractivity (Wildman–Crippen MR) is 94.4 cm³/mol. The number of hydrogen-bond donors (Lipinski definition) is 3. The van der Waals surface area contributed by atoms with E-state index < -0.39 is 5.41 Å². The summed E-state index contributed by atoms with van der Waals surface area (Å²) in [7, 11) is 0. The molecule has 5 nitrogen and oxygen atoms in total. The number of aliphatic imine (C=N–C) groups is 1. The van der Waals surface area contributed by atoms with Crippen LogP contribution in [0.5, 0.6) is 0 Å². The van der Waals surface area contributed by atoms with Crippen molar-refractivity contribution < 1.29 is 4.79 Å². The molecule has 0 bridgehead atoms. The number of rotatable bonds is 5. The lowest BCUT2D eigenvalue weighted by molar-refractivity contribution is -0.128. The fraction of sp³-hybridized carbons (Fsp3) is 0.857. The second-order valence-corrected chi connectivity index (χ2v) is 5.92. The first-order chi connectivity index (χ1) is 8.95. The maximum atomic E-state index is 11.8. The molecule has 1 aliphatic carbocycles.